The van der Waals surface area contributed by atoms with Gasteiger partial charge in [0.15, 0.2) is 0 Å². The summed E-state index contributed by atoms with van der Waals surface area (Å²) in [5.41, 5.74) is 0. The molecule has 0 rings (SSSR count). The topological polar surface area (TPSA) is 96.2 Å². The van der Waals surface area contributed by atoms with E-state index in [0.29, 0.717) is 25.9 Å². The second-order valence-electron chi connectivity index (χ2n) is 4.85. The van der Waals surface area contributed by atoms with Crippen LogP contribution in [0.4, 0.5) is 0 Å². The first-order valence-electron chi connectivity index (χ1n) is 7.46. The second-order valence-corrected chi connectivity index (χ2v) is 4.85. The minimum atomic E-state index is -0.876. The van der Waals surface area contributed by atoms with Gasteiger partial charge in [-0.25, -0.2) is 0 Å². The number of hydrogen-bond donors (Lipinski definition) is 2. The first-order chi connectivity index (χ1) is 10.1. The Morgan fingerprint density at radius 1 is 1.23 bits per heavy atom. The second kappa shape index (κ2) is 17.0. The van der Waals surface area contributed by atoms with Crippen LogP contribution in [-0.2, 0) is 4.79 Å². The van der Waals surface area contributed by atoms with E-state index in [1.54, 1.807) is 4.90 Å². The maximum absolute atomic E-state index is 11.6. The van der Waals surface area contributed by atoms with Gasteiger partial charge in [-0.15, -0.1) is 0 Å². The number of carbonyl (C=O) groups is 1. The third-order valence-corrected chi connectivity index (χ3v) is 2.97. The summed E-state index contributed by atoms with van der Waals surface area (Å²) < 4.78 is 0. The molecule has 22 heavy (non-hydrogen) atoms. The zero-order chi connectivity index (χ0) is 15.9. The summed E-state index contributed by atoms with van der Waals surface area (Å²) in [5.74, 6) is -1.01. The molecule has 122 valence electrons. The quantitative estimate of drug-likeness (QED) is 0.134. The number of nitrogens with zero attached hydrogens (tertiary/aromatic N) is 2. The van der Waals surface area contributed by atoms with Crippen molar-refractivity contribution in [2.75, 3.05) is 26.4 Å². The van der Waals surface area contributed by atoms with E-state index in [0.717, 1.165) is 19.3 Å². The standard InChI is InChI=1S/C15H28N2O4.Na/c1-2-3-4-5-6-8-14(19)16-13-17(10-7-12-18)11-9-15(20)21;/h2-3,18H,4-13H2,1H3,(H,16,19)(H,20,21);/q;+1/p-1/b3-2+;. The van der Waals surface area contributed by atoms with Gasteiger partial charge in [-0.05, 0) is 44.9 Å². The maximum atomic E-state index is 11.6. The molecule has 0 fully saturated rings. The van der Waals surface area contributed by atoms with Crippen molar-refractivity contribution in [1.29, 1.82) is 0 Å². The van der Waals surface area contributed by atoms with Crippen LogP contribution in [0, 0.1) is 0 Å². The van der Waals surface area contributed by atoms with E-state index in [9.17, 15) is 9.90 Å². The van der Waals surface area contributed by atoms with Crippen LogP contribution in [-0.4, -0.2) is 53.3 Å². The molecule has 0 spiro atoms. The molecule has 0 bridgehead atoms. The van der Waals surface area contributed by atoms with Crippen molar-refractivity contribution in [2.24, 2.45) is 4.99 Å². The Morgan fingerprint density at radius 3 is 2.55 bits per heavy atom. The van der Waals surface area contributed by atoms with Gasteiger partial charge < -0.3 is 15.3 Å². The molecule has 0 aliphatic heterocycles. The van der Waals surface area contributed by atoms with Crippen LogP contribution in [0.25, 0.3) is 0 Å². The summed E-state index contributed by atoms with van der Waals surface area (Å²) in [7, 11) is 0. The van der Waals surface area contributed by atoms with Crippen molar-refractivity contribution < 1.29 is 49.7 Å². The van der Waals surface area contributed by atoms with Gasteiger partial charge in [0.2, 0.25) is 0 Å². The Hall–Kier alpha value is -0.400. The van der Waals surface area contributed by atoms with Crippen LogP contribution in [0.2, 0.25) is 0 Å². The molecule has 2 N–H and O–H groups in total. The molecule has 0 amide bonds. The Balaban J connectivity index is 0. The number of rotatable bonds is 13. The van der Waals surface area contributed by atoms with Gasteiger partial charge in [-0.3, -0.25) is 14.7 Å². The van der Waals surface area contributed by atoms with Gasteiger partial charge in [0.25, 0.3) is 0 Å². The number of aliphatic hydroxyl groups is 1. The molecule has 0 unspecified atom stereocenters. The molecule has 0 saturated carbocycles. The number of allylic oxidation sites excluding steroid dienone is 2. The van der Waals surface area contributed by atoms with E-state index in [2.05, 4.69) is 11.1 Å². The molecular weight excluding hydrogens is 295 g/mol. The predicted octanol–water partition coefficient (Wildman–Crippen LogP) is -2.00. The fourth-order valence-electron chi connectivity index (χ4n) is 1.76. The third kappa shape index (κ3) is 16.0. The van der Waals surface area contributed by atoms with Crippen molar-refractivity contribution >= 4 is 11.9 Å². The van der Waals surface area contributed by atoms with Crippen molar-refractivity contribution in [2.45, 2.75) is 45.4 Å². The van der Waals surface area contributed by atoms with Gasteiger partial charge >= 0.3 is 35.5 Å². The van der Waals surface area contributed by atoms with E-state index in [4.69, 9.17) is 10.2 Å². The van der Waals surface area contributed by atoms with Gasteiger partial charge in [0.05, 0.1) is 13.1 Å². The largest absolute Gasteiger partial charge is 1.00 e. The van der Waals surface area contributed by atoms with Gasteiger partial charge in [0, 0.05) is 19.7 Å². The summed E-state index contributed by atoms with van der Waals surface area (Å²) in [6, 6.07) is 0. The minimum Gasteiger partial charge on any atom is -0.862 e. The van der Waals surface area contributed by atoms with Crippen molar-refractivity contribution in [3.63, 3.8) is 0 Å². The van der Waals surface area contributed by atoms with E-state index in [-0.39, 0.29) is 55.2 Å². The van der Waals surface area contributed by atoms with Crippen LogP contribution in [0.3, 0.4) is 0 Å². The Labute approximate surface area is 155 Å². The molecule has 0 aromatic carbocycles. The average molecular weight is 322 g/mol. The summed E-state index contributed by atoms with van der Waals surface area (Å²) in [6.45, 7) is 3.11. The zero-order valence-corrected chi connectivity index (χ0v) is 15.8. The van der Waals surface area contributed by atoms with E-state index in [1.807, 2.05) is 13.0 Å². The molecule has 0 aliphatic rings. The smallest absolute Gasteiger partial charge is 0.862 e. The Kier molecular flexibility index (Phi) is 18.4. The monoisotopic (exact) mass is 322 g/mol. The van der Waals surface area contributed by atoms with Crippen LogP contribution in [0.1, 0.15) is 45.4 Å². The number of unbranched alkanes of at least 4 members (excludes halogenated alkanes) is 2. The molecule has 0 heterocycles. The van der Waals surface area contributed by atoms with Gasteiger partial charge in [-0.2, -0.15) is 0 Å². The molecule has 6 nitrogen and oxygen atoms in total. The summed E-state index contributed by atoms with van der Waals surface area (Å²) in [4.78, 5) is 16.3. The molecule has 0 saturated heterocycles. The summed E-state index contributed by atoms with van der Waals surface area (Å²) >= 11 is 0. The van der Waals surface area contributed by atoms with E-state index >= 15 is 0 Å². The number of carboxylic acids is 1. The average Bonchev–Trinajstić information content (AvgIpc) is 2.46. The zero-order valence-electron chi connectivity index (χ0n) is 13.8. The van der Waals surface area contributed by atoms with Crippen LogP contribution in [0.5, 0.6) is 0 Å². The molecule has 0 aliphatic carbocycles. The SMILES string of the molecule is C/C=C/CCCCC([O-])=NCN(CCCO)CCC(=O)O.[Na+]. The summed E-state index contributed by atoms with van der Waals surface area (Å²) in [5, 5.41) is 29.1. The molecule has 0 aromatic heterocycles. The number of aliphatic imine (C=N–C) groups is 1. The van der Waals surface area contributed by atoms with E-state index in [1.165, 1.54) is 0 Å². The number of hydrogen-bond acceptors (Lipinski definition) is 5. The molecule has 0 aromatic rings. The molecule has 0 atom stereocenters. The number of aliphatic carboxylic acids is 1. The summed E-state index contributed by atoms with van der Waals surface area (Å²) in [6.07, 6.45) is 7.83. The van der Waals surface area contributed by atoms with Crippen molar-refractivity contribution in [3.05, 3.63) is 12.2 Å². The van der Waals surface area contributed by atoms with E-state index < -0.39 is 5.97 Å². The Morgan fingerprint density at radius 2 is 1.95 bits per heavy atom. The molecular formula is C15H27N2NaO4. The maximum Gasteiger partial charge on any atom is 1.00 e. The van der Waals surface area contributed by atoms with Gasteiger partial charge in [-0.1, -0.05) is 12.2 Å². The van der Waals surface area contributed by atoms with Gasteiger partial charge in [0.1, 0.15) is 0 Å². The third-order valence-electron chi connectivity index (χ3n) is 2.97. The first kappa shape index (κ1) is 23.9. The normalized spacial score (nSPS) is 11.9. The minimum absolute atomic E-state index is 0. The van der Waals surface area contributed by atoms with Crippen molar-refractivity contribution in [1.82, 2.24) is 4.90 Å². The number of carboxylic acid groups (broad SMARTS) is 1. The Bertz CT molecular complexity index is 336. The van der Waals surface area contributed by atoms with Crippen LogP contribution >= 0.6 is 0 Å². The van der Waals surface area contributed by atoms with Crippen LogP contribution < -0.4 is 34.7 Å². The van der Waals surface area contributed by atoms with Crippen LogP contribution in [0.15, 0.2) is 17.1 Å². The molecule has 0 radical (unpaired) electrons. The molecule has 7 heteroatoms. The predicted molar refractivity (Wildman–Crippen MR) is 81.1 cm³/mol. The first-order valence-corrected chi connectivity index (χ1v) is 7.46. The fourth-order valence-corrected chi connectivity index (χ4v) is 1.76. The van der Waals surface area contributed by atoms with Crippen molar-refractivity contribution in [3.8, 4) is 0 Å². The fraction of sp³-hybridized carbons (Fsp3) is 0.733. The number of aliphatic hydroxyl groups excluding tert-OH is 1.